The summed E-state index contributed by atoms with van der Waals surface area (Å²) in [6.45, 7) is 0.722. The highest BCUT2D eigenvalue weighted by Gasteiger charge is 2.18. The van der Waals surface area contributed by atoms with Crippen LogP contribution in [-0.2, 0) is 29.0 Å². The Bertz CT molecular complexity index is 1710. The second kappa shape index (κ2) is 13.8. The molecule has 4 aromatic carbocycles. The largest absolute Gasteiger partial charge is 0.492 e. The van der Waals surface area contributed by atoms with Crippen molar-refractivity contribution in [1.29, 1.82) is 0 Å². The van der Waals surface area contributed by atoms with Crippen LogP contribution in [-0.4, -0.2) is 35.1 Å². The number of benzene rings is 4. The van der Waals surface area contributed by atoms with Crippen LogP contribution in [0.4, 0.5) is 0 Å². The van der Waals surface area contributed by atoms with Crippen molar-refractivity contribution in [3.05, 3.63) is 135 Å². The molecule has 1 atom stereocenters. The first-order valence-electron chi connectivity index (χ1n) is 13.8. The van der Waals surface area contributed by atoms with Gasteiger partial charge in [0.1, 0.15) is 25.2 Å². The zero-order valence-corrected chi connectivity index (χ0v) is 24.1. The first-order chi connectivity index (χ1) is 20.5. The highest BCUT2D eigenvalue weighted by molar-refractivity contribution is 7.16. The number of ether oxygens (including phenoxy) is 1. The van der Waals surface area contributed by atoms with E-state index in [-0.39, 0.29) is 4.87 Å². The van der Waals surface area contributed by atoms with E-state index in [9.17, 15) is 14.7 Å². The summed E-state index contributed by atoms with van der Waals surface area (Å²) >= 11 is 1.19. The molecule has 0 fully saturated rings. The van der Waals surface area contributed by atoms with Crippen LogP contribution in [0.2, 0.25) is 0 Å². The maximum Gasteiger partial charge on any atom is 0.308 e. The van der Waals surface area contributed by atoms with Crippen molar-refractivity contribution in [2.75, 3.05) is 13.7 Å². The van der Waals surface area contributed by atoms with Gasteiger partial charge in [0, 0.05) is 11.1 Å². The first-order valence-corrected chi connectivity index (χ1v) is 14.6. The molecule has 42 heavy (non-hydrogen) atoms. The summed E-state index contributed by atoms with van der Waals surface area (Å²) in [7, 11) is 1.52. The van der Waals surface area contributed by atoms with E-state index in [4.69, 9.17) is 9.57 Å². The van der Waals surface area contributed by atoms with Crippen LogP contribution in [0.5, 0.6) is 5.75 Å². The fourth-order valence-electron chi connectivity index (χ4n) is 4.94. The molecule has 0 bridgehead atoms. The van der Waals surface area contributed by atoms with Crippen LogP contribution in [0.1, 0.15) is 28.7 Å². The number of aryl methyl sites for hydroxylation is 1. The number of oxime groups is 1. The monoisotopic (exact) mass is 580 g/mol. The summed E-state index contributed by atoms with van der Waals surface area (Å²) in [5, 5.41) is 14.0. The number of rotatable bonds is 13. The lowest BCUT2D eigenvalue weighted by Gasteiger charge is -2.13. The predicted molar refractivity (Wildman–Crippen MR) is 167 cm³/mol. The number of aromatic nitrogens is 1. The van der Waals surface area contributed by atoms with Crippen molar-refractivity contribution >= 4 is 33.2 Å². The maximum absolute atomic E-state index is 12.8. The average Bonchev–Trinajstić information content (AvgIpc) is 3.33. The molecule has 0 spiro atoms. The summed E-state index contributed by atoms with van der Waals surface area (Å²) in [5.41, 5.74) is 5.42. The van der Waals surface area contributed by atoms with E-state index in [1.807, 2.05) is 103 Å². The number of thiazole rings is 1. The van der Waals surface area contributed by atoms with E-state index in [0.29, 0.717) is 37.5 Å². The SMILES string of the molecule is CON=C(c1ccccc1)c1ccc2c(c1)sc(=O)n2CCOc1ccc(CC(CCc2ccccc2)C(=O)O)cc1. The fourth-order valence-corrected chi connectivity index (χ4v) is 5.90. The third-order valence-corrected chi connectivity index (χ3v) is 8.08. The van der Waals surface area contributed by atoms with E-state index in [1.165, 1.54) is 18.4 Å². The Morgan fingerprint density at radius 3 is 2.31 bits per heavy atom. The summed E-state index contributed by atoms with van der Waals surface area (Å²) in [6, 6.07) is 33.1. The Morgan fingerprint density at radius 1 is 0.905 bits per heavy atom. The Morgan fingerprint density at radius 2 is 1.62 bits per heavy atom. The van der Waals surface area contributed by atoms with E-state index in [0.717, 1.165) is 38.9 Å². The molecule has 214 valence electrons. The zero-order valence-electron chi connectivity index (χ0n) is 23.3. The second-order valence-electron chi connectivity index (χ2n) is 9.95. The van der Waals surface area contributed by atoms with Gasteiger partial charge < -0.3 is 14.7 Å². The summed E-state index contributed by atoms with van der Waals surface area (Å²) in [5.74, 6) is -0.567. The van der Waals surface area contributed by atoms with Crippen molar-refractivity contribution in [3.63, 3.8) is 0 Å². The number of carbonyl (C=O) groups is 1. The molecule has 5 aromatic rings. The third-order valence-electron chi connectivity index (χ3n) is 7.13. The lowest BCUT2D eigenvalue weighted by atomic mass is 9.93. The molecule has 5 rings (SSSR count). The zero-order chi connectivity index (χ0) is 29.3. The van der Waals surface area contributed by atoms with Gasteiger partial charge in [-0.25, -0.2) is 0 Å². The van der Waals surface area contributed by atoms with Gasteiger partial charge in [0.15, 0.2) is 0 Å². The molecule has 0 aliphatic carbocycles. The van der Waals surface area contributed by atoms with Gasteiger partial charge in [-0.1, -0.05) is 95.4 Å². The Labute approximate surface area is 248 Å². The molecule has 0 saturated heterocycles. The molecule has 0 amide bonds. The minimum Gasteiger partial charge on any atom is -0.492 e. The van der Waals surface area contributed by atoms with Crippen LogP contribution in [0.25, 0.3) is 10.2 Å². The highest BCUT2D eigenvalue weighted by Crippen LogP contribution is 2.23. The van der Waals surface area contributed by atoms with Crippen molar-refractivity contribution in [1.82, 2.24) is 4.57 Å². The molecular weight excluding hydrogens is 548 g/mol. The number of carboxylic acid groups (broad SMARTS) is 1. The highest BCUT2D eigenvalue weighted by atomic mass is 32.1. The Hall–Kier alpha value is -4.69. The van der Waals surface area contributed by atoms with Crippen LogP contribution in [0, 0.1) is 5.92 Å². The van der Waals surface area contributed by atoms with E-state index >= 15 is 0 Å². The second-order valence-corrected chi connectivity index (χ2v) is 10.9. The number of fused-ring (bicyclic) bond motifs is 1. The standard InChI is InChI=1S/C34H32N2O5S/c1-40-35-32(26-10-6-3-7-11-26)27-16-19-30-31(23-27)42-34(39)36(30)20-21-41-29-17-13-25(14-18-29)22-28(33(37)38)15-12-24-8-4-2-5-9-24/h2-11,13-14,16-19,23,28H,12,15,20-22H2,1H3,(H,37,38). The van der Waals surface area contributed by atoms with Gasteiger partial charge in [-0.05, 0) is 54.7 Å². The molecule has 1 aromatic heterocycles. The molecule has 0 saturated carbocycles. The van der Waals surface area contributed by atoms with Crippen molar-refractivity contribution in [3.8, 4) is 5.75 Å². The van der Waals surface area contributed by atoms with Gasteiger partial charge in [-0.3, -0.25) is 14.2 Å². The fraction of sp³-hybridized carbons (Fsp3) is 0.206. The van der Waals surface area contributed by atoms with E-state index in [1.54, 1.807) is 4.57 Å². The number of carboxylic acids is 1. The predicted octanol–water partition coefficient (Wildman–Crippen LogP) is 6.42. The van der Waals surface area contributed by atoms with Crippen LogP contribution >= 0.6 is 11.3 Å². The molecule has 7 nitrogen and oxygen atoms in total. The van der Waals surface area contributed by atoms with Gasteiger partial charge >= 0.3 is 10.8 Å². The van der Waals surface area contributed by atoms with Gasteiger partial charge in [0.2, 0.25) is 0 Å². The molecule has 0 aliphatic rings. The lowest BCUT2D eigenvalue weighted by molar-refractivity contribution is -0.141. The van der Waals surface area contributed by atoms with Gasteiger partial charge in [-0.15, -0.1) is 0 Å². The molecule has 1 N–H and O–H groups in total. The molecular formula is C34H32N2O5S. The Balaban J connectivity index is 1.20. The van der Waals surface area contributed by atoms with Crippen LogP contribution < -0.4 is 9.61 Å². The Kier molecular flexibility index (Phi) is 9.46. The molecule has 1 heterocycles. The van der Waals surface area contributed by atoms with Crippen molar-refractivity contribution in [2.45, 2.75) is 25.8 Å². The number of hydrogen-bond donors (Lipinski definition) is 1. The summed E-state index contributed by atoms with van der Waals surface area (Å²) < 4.78 is 8.52. The van der Waals surface area contributed by atoms with Crippen molar-refractivity contribution in [2.24, 2.45) is 11.1 Å². The van der Waals surface area contributed by atoms with Gasteiger partial charge in [-0.2, -0.15) is 0 Å². The maximum atomic E-state index is 12.8. The minimum absolute atomic E-state index is 0.0544. The minimum atomic E-state index is -0.783. The summed E-state index contributed by atoms with van der Waals surface area (Å²) in [6.07, 6.45) is 1.77. The summed E-state index contributed by atoms with van der Waals surface area (Å²) in [4.78, 5) is 29.7. The average molecular weight is 581 g/mol. The first kappa shape index (κ1) is 28.8. The quantitative estimate of drug-likeness (QED) is 0.128. The van der Waals surface area contributed by atoms with Gasteiger partial charge in [0.25, 0.3) is 0 Å². The van der Waals surface area contributed by atoms with Crippen LogP contribution in [0.3, 0.4) is 0 Å². The molecule has 8 heteroatoms. The smallest absolute Gasteiger partial charge is 0.308 e. The molecule has 1 unspecified atom stereocenters. The number of nitrogens with zero attached hydrogens (tertiary/aromatic N) is 2. The lowest BCUT2D eigenvalue weighted by Crippen LogP contribution is -2.18. The van der Waals surface area contributed by atoms with Crippen molar-refractivity contribution < 1.29 is 19.5 Å². The molecule has 0 radical (unpaired) electrons. The van der Waals surface area contributed by atoms with Crippen LogP contribution in [0.15, 0.2) is 113 Å². The molecule has 0 aliphatic heterocycles. The topological polar surface area (TPSA) is 90.1 Å². The third kappa shape index (κ3) is 7.14. The normalized spacial score (nSPS) is 12.3. The number of hydrogen-bond acceptors (Lipinski definition) is 6. The van der Waals surface area contributed by atoms with E-state index in [2.05, 4.69) is 5.16 Å². The van der Waals surface area contributed by atoms with Gasteiger partial charge in [0.05, 0.1) is 22.7 Å². The van der Waals surface area contributed by atoms with E-state index < -0.39 is 11.9 Å². The number of aliphatic carboxylic acids is 1.